The Morgan fingerprint density at radius 2 is 1.68 bits per heavy atom. The van der Waals surface area contributed by atoms with Crippen LogP contribution < -0.4 is 20.1 Å². The Kier molecular flexibility index (Phi) is 6.19. The zero-order valence-electron chi connectivity index (χ0n) is 16.3. The van der Waals surface area contributed by atoms with Gasteiger partial charge in [-0.3, -0.25) is 9.59 Å². The maximum Gasteiger partial charge on any atom is 0.240 e. The van der Waals surface area contributed by atoms with Gasteiger partial charge in [-0.2, -0.15) is 0 Å². The van der Waals surface area contributed by atoms with Crippen LogP contribution in [0, 0.1) is 5.41 Å². The molecule has 0 saturated heterocycles. The van der Waals surface area contributed by atoms with Crippen LogP contribution in [0.4, 0.5) is 5.69 Å². The van der Waals surface area contributed by atoms with Crippen LogP contribution in [0.5, 0.6) is 11.5 Å². The van der Waals surface area contributed by atoms with Crippen molar-refractivity contribution in [2.24, 2.45) is 5.41 Å². The van der Waals surface area contributed by atoms with Gasteiger partial charge in [0.05, 0.1) is 19.4 Å². The smallest absolute Gasteiger partial charge is 0.240 e. The molecule has 6 nitrogen and oxygen atoms in total. The van der Waals surface area contributed by atoms with Crippen LogP contribution in [0.3, 0.4) is 0 Å². The number of anilines is 1. The van der Waals surface area contributed by atoms with E-state index in [9.17, 15) is 9.59 Å². The summed E-state index contributed by atoms with van der Waals surface area (Å²) in [5, 5.41) is 5.77. The van der Waals surface area contributed by atoms with E-state index in [4.69, 9.17) is 9.47 Å². The van der Waals surface area contributed by atoms with E-state index in [2.05, 4.69) is 10.6 Å². The third-order valence-electron chi connectivity index (χ3n) is 4.93. The second-order valence-electron chi connectivity index (χ2n) is 6.78. The first-order valence-corrected chi connectivity index (χ1v) is 9.54. The summed E-state index contributed by atoms with van der Waals surface area (Å²) >= 11 is 0. The average molecular weight is 382 g/mol. The molecule has 0 atom stereocenters. The number of methoxy groups -OCH3 is 1. The van der Waals surface area contributed by atoms with Gasteiger partial charge in [0.25, 0.3) is 0 Å². The molecule has 0 aliphatic heterocycles. The molecular weight excluding hydrogens is 356 g/mol. The molecule has 2 aromatic rings. The molecule has 3 rings (SSSR count). The van der Waals surface area contributed by atoms with Gasteiger partial charge in [0.15, 0.2) is 0 Å². The first-order valence-electron chi connectivity index (χ1n) is 9.54. The molecule has 1 aliphatic rings. The van der Waals surface area contributed by atoms with Crippen molar-refractivity contribution in [3.63, 3.8) is 0 Å². The predicted octanol–water partition coefficient (Wildman–Crippen LogP) is 3.17. The second kappa shape index (κ2) is 8.78. The van der Waals surface area contributed by atoms with E-state index in [0.717, 1.165) is 11.3 Å². The van der Waals surface area contributed by atoms with Gasteiger partial charge in [-0.1, -0.05) is 30.3 Å². The van der Waals surface area contributed by atoms with E-state index in [-0.39, 0.29) is 11.8 Å². The molecule has 0 spiro atoms. The van der Waals surface area contributed by atoms with Gasteiger partial charge in [0.1, 0.15) is 16.9 Å². The van der Waals surface area contributed by atoms with Gasteiger partial charge in [-0.05, 0) is 49.9 Å². The number of benzene rings is 2. The van der Waals surface area contributed by atoms with E-state index < -0.39 is 5.41 Å². The van der Waals surface area contributed by atoms with Gasteiger partial charge < -0.3 is 20.1 Å². The zero-order chi connectivity index (χ0) is 20.0. The van der Waals surface area contributed by atoms with Gasteiger partial charge in [-0.15, -0.1) is 0 Å². The van der Waals surface area contributed by atoms with Crippen molar-refractivity contribution in [2.45, 2.75) is 26.2 Å². The fraction of sp³-hybridized carbons (Fsp3) is 0.364. The molecule has 0 bridgehead atoms. The van der Waals surface area contributed by atoms with Gasteiger partial charge in [-0.25, -0.2) is 0 Å². The van der Waals surface area contributed by atoms with Gasteiger partial charge in [0, 0.05) is 6.54 Å². The van der Waals surface area contributed by atoms with E-state index in [1.54, 1.807) is 19.2 Å². The van der Waals surface area contributed by atoms with Crippen molar-refractivity contribution in [3.05, 3.63) is 54.1 Å². The Morgan fingerprint density at radius 3 is 2.36 bits per heavy atom. The Hall–Kier alpha value is -3.02. The Balaban J connectivity index is 1.58. The van der Waals surface area contributed by atoms with Crippen molar-refractivity contribution in [3.8, 4) is 11.5 Å². The largest absolute Gasteiger partial charge is 0.496 e. The third-order valence-corrected chi connectivity index (χ3v) is 4.93. The van der Waals surface area contributed by atoms with Crippen LogP contribution >= 0.6 is 0 Å². The summed E-state index contributed by atoms with van der Waals surface area (Å²) in [6.45, 7) is 2.83. The molecule has 2 aromatic carbocycles. The summed E-state index contributed by atoms with van der Waals surface area (Å²) in [6.07, 6.45) is 1.74. The molecule has 2 amide bonds. The van der Waals surface area contributed by atoms with Crippen LogP contribution in [0.15, 0.2) is 48.5 Å². The molecule has 28 heavy (non-hydrogen) atoms. The zero-order valence-corrected chi connectivity index (χ0v) is 16.3. The number of para-hydroxylation sites is 3. The molecular formula is C22H26N2O4. The Morgan fingerprint density at radius 1 is 1.00 bits per heavy atom. The molecule has 1 aliphatic carbocycles. The summed E-state index contributed by atoms with van der Waals surface area (Å²) in [6, 6.07) is 14.9. The maximum atomic E-state index is 12.8. The molecule has 2 N–H and O–H groups in total. The van der Waals surface area contributed by atoms with Crippen LogP contribution in [0.25, 0.3) is 0 Å². The lowest BCUT2D eigenvalue weighted by Gasteiger charge is -2.17. The van der Waals surface area contributed by atoms with Crippen molar-refractivity contribution >= 4 is 17.5 Å². The van der Waals surface area contributed by atoms with Crippen LogP contribution in [-0.2, 0) is 16.0 Å². The lowest BCUT2D eigenvalue weighted by atomic mass is 10.0. The highest BCUT2D eigenvalue weighted by molar-refractivity contribution is 6.13. The van der Waals surface area contributed by atoms with E-state index >= 15 is 0 Å². The fourth-order valence-corrected chi connectivity index (χ4v) is 3.16. The average Bonchev–Trinajstić information content (AvgIpc) is 3.52. The molecule has 0 aromatic heterocycles. The van der Waals surface area contributed by atoms with E-state index in [0.29, 0.717) is 43.9 Å². The maximum absolute atomic E-state index is 12.8. The van der Waals surface area contributed by atoms with Crippen molar-refractivity contribution < 1.29 is 19.1 Å². The number of rotatable bonds is 9. The minimum atomic E-state index is -0.986. The van der Waals surface area contributed by atoms with Crippen LogP contribution in [0.2, 0.25) is 0 Å². The highest BCUT2D eigenvalue weighted by Gasteiger charge is 2.56. The van der Waals surface area contributed by atoms with Crippen LogP contribution in [0.1, 0.15) is 25.3 Å². The predicted molar refractivity (Wildman–Crippen MR) is 108 cm³/mol. The number of hydrogen-bond acceptors (Lipinski definition) is 4. The molecule has 0 unspecified atom stereocenters. The molecule has 1 fully saturated rings. The summed E-state index contributed by atoms with van der Waals surface area (Å²) in [5.74, 6) is 0.886. The molecule has 6 heteroatoms. The standard InChI is InChI=1S/C22H26N2O4/c1-3-28-19-11-7-5-9-17(19)24-21(26)22(13-14-22)20(25)23-15-12-16-8-4-6-10-18(16)27-2/h4-11H,3,12-15H2,1-2H3,(H,23,25)(H,24,26). The number of carbonyl (C=O) groups excluding carboxylic acids is 2. The lowest BCUT2D eigenvalue weighted by Crippen LogP contribution is -2.40. The number of carbonyl (C=O) groups is 2. The number of hydrogen-bond donors (Lipinski definition) is 2. The summed E-state index contributed by atoms with van der Waals surface area (Å²) in [7, 11) is 1.63. The SMILES string of the molecule is CCOc1ccccc1NC(=O)C1(C(=O)NCCc2ccccc2OC)CC1. The number of nitrogens with one attached hydrogen (secondary N) is 2. The first kappa shape index (κ1) is 19.7. The van der Waals surface area contributed by atoms with Crippen molar-refractivity contribution in [1.29, 1.82) is 0 Å². The minimum Gasteiger partial charge on any atom is -0.496 e. The minimum absolute atomic E-state index is 0.228. The highest BCUT2D eigenvalue weighted by atomic mass is 16.5. The van der Waals surface area contributed by atoms with Gasteiger partial charge in [0.2, 0.25) is 11.8 Å². The van der Waals surface area contributed by atoms with Gasteiger partial charge >= 0.3 is 0 Å². The Bertz CT molecular complexity index is 846. The highest BCUT2D eigenvalue weighted by Crippen LogP contribution is 2.47. The van der Waals surface area contributed by atoms with Crippen molar-refractivity contribution in [1.82, 2.24) is 5.32 Å². The number of ether oxygens (including phenoxy) is 2. The monoisotopic (exact) mass is 382 g/mol. The topological polar surface area (TPSA) is 76.7 Å². The van der Waals surface area contributed by atoms with Crippen molar-refractivity contribution in [2.75, 3.05) is 25.6 Å². The quantitative estimate of drug-likeness (QED) is 0.653. The lowest BCUT2D eigenvalue weighted by molar-refractivity contribution is -0.134. The van der Waals surface area contributed by atoms with Crippen LogP contribution in [-0.4, -0.2) is 32.1 Å². The second-order valence-corrected chi connectivity index (χ2v) is 6.78. The van der Waals surface area contributed by atoms with E-state index in [1.807, 2.05) is 43.3 Å². The summed E-state index contributed by atoms with van der Waals surface area (Å²) in [5.41, 5.74) is 0.618. The molecule has 1 saturated carbocycles. The first-order chi connectivity index (χ1) is 13.6. The normalized spacial score (nSPS) is 14.1. The molecule has 148 valence electrons. The molecule has 0 radical (unpaired) electrons. The number of amides is 2. The summed E-state index contributed by atoms with van der Waals surface area (Å²) < 4.78 is 10.9. The Labute approximate surface area is 165 Å². The molecule has 0 heterocycles. The fourth-order valence-electron chi connectivity index (χ4n) is 3.16. The third kappa shape index (κ3) is 4.27. The summed E-state index contributed by atoms with van der Waals surface area (Å²) in [4.78, 5) is 25.5. The van der Waals surface area contributed by atoms with E-state index in [1.165, 1.54) is 0 Å².